The first-order valence-electron chi connectivity index (χ1n) is 6.22. The summed E-state index contributed by atoms with van der Waals surface area (Å²) in [7, 11) is 0. The van der Waals surface area contributed by atoms with Gasteiger partial charge in [-0.05, 0) is 30.7 Å². The van der Waals surface area contributed by atoms with Gasteiger partial charge in [0, 0.05) is 16.9 Å². The highest BCUT2D eigenvalue weighted by atomic mass is 79.9. The average molecular weight is 323 g/mol. The zero-order chi connectivity index (χ0) is 13.4. The van der Waals surface area contributed by atoms with Crippen LogP contribution in [0.1, 0.15) is 24.2 Å². The predicted molar refractivity (Wildman–Crippen MR) is 74.9 cm³/mol. The first kappa shape index (κ1) is 12.6. The van der Waals surface area contributed by atoms with Crippen LogP contribution in [-0.2, 0) is 13.0 Å². The van der Waals surface area contributed by atoms with E-state index in [9.17, 15) is 0 Å². The molecule has 2 N–H and O–H groups in total. The fraction of sp³-hybridized carbons (Fsp3) is 0.385. The van der Waals surface area contributed by atoms with Crippen molar-refractivity contribution in [1.82, 2.24) is 15.0 Å². The highest BCUT2D eigenvalue weighted by Crippen LogP contribution is 2.31. The molecule has 6 heteroatoms. The molecule has 0 aliphatic carbocycles. The van der Waals surface area contributed by atoms with Crippen LogP contribution in [0.25, 0.3) is 0 Å². The Balaban J connectivity index is 1.69. The Morgan fingerprint density at radius 1 is 1.58 bits per heavy atom. The van der Waals surface area contributed by atoms with Gasteiger partial charge in [-0.2, -0.15) is 0 Å². The number of hydrogen-bond acceptors (Lipinski definition) is 4. The normalized spacial score (nSPS) is 19.0. The Morgan fingerprint density at radius 3 is 3.16 bits per heavy atom. The van der Waals surface area contributed by atoms with Crippen LogP contribution in [0.2, 0.25) is 0 Å². The first-order chi connectivity index (χ1) is 9.11. The van der Waals surface area contributed by atoms with Crippen molar-refractivity contribution in [1.29, 1.82) is 0 Å². The summed E-state index contributed by atoms with van der Waals surface area (Å²) in [6.07, 6.45) is 2.88. The van der Waals surface area contributed by atoms with Gasteiger partial charge in [-0.15, -0.1) is 5.10 Å². The highest BCUT2D eigenvalue weighted by molar-refractivity contribution is 9.10. The molecule has 2 unspecified atom stereocenters. The molecule has 19 heavy (non-hydrogen) atoms. The number of hydrogen-bond donors (Lipinski definition) is 1. The maximum absolute atomic E-state index is 5.89. The van der Waals surface area contributed by atoms with Crippen molar-refractivity contribution >= 4 is 15.9 Å². The molecule has 1 aromatic carbocycles. The van der Waals surface area contributed by atoms with Crippen molar-refractivity contribution in [2.45, 2.75) is 32.0 Å². The zero-order valence-corrected chi connectivity index (χ0v) is 12.2. The standard InChI is InChI=1S/C13H15BrN4O/c1-8(15)12-7-18(17-16-12)6-11-5-9-4-10(14)2-3-13(9)19-11/h2-4,7-8,11H,5-6,15H2,1H3. The molecule has 0 spiro atoms. The molecule has 0 amide bonds. The molecule has 2 atom stereocenters. The summed E-state index contributed by atoms with van der Waals surface area (Å²) in [6.45, 7) is 2.58. The van der Waals surface area contributed by atoms with E-state index in [1.165, 1.54) is 5.56 Å². The van der Waals surface area contributed by atoms with Crippen LogP contribution in [0.3, 0.4) is 0 Å². The molecule has 0 saturated heterocycles. The lowest BCUT2D eigenvalue weighted by Gasteiger charge is -2.09. The molecule has 0 fully saturated rings. The Bertz CT molecular complexity index is 596. The predicted octanol–water partition coefficient (Wildman–Crippen LogP) is 2.06. The fourth-order valence-corrected chi connectivity index (χ4v) is 2.62. The maximum atomic E-state index is 5.89. The molecule has 1 aliphatic heterocycles. The molecule has 100 valence electrons. The van der Waals surface area contributed by atoms with Crippen molar-refractivity contribution in [3.63, 3.8) is 0 Å². The molecule has 3 rings (SSSR count). The second-order valence-electron chi connectivity index (χ2n) is 4.85. The Labute approximate surface area is 119 Å². The molecule has 1 aliphatic rings. The summed E-state index contributed by atoms with van der Waals surface area (Å²) < 4.78 is 8.77. The first-order valence-corrected chi connectivity index (χ1v) is 7.02. The van der Waals surface area contributed by atoms with Gasteiger partial charge in [-0.3, -0.25) is 0 Å². The maximum Gasteiger partial charge on any atom is 0.123 e. The van der Waals surface area contributed by atoms with Crippen LogP contribution < -0.4 is 10.5 Å². The van der Waals surface area contributed by atoms with Crippen LogP contribution in [0, 0.1) is 0 Å². The van der Waals surface area contributed by atoms with Gasteiger partial charge >= 0.3 is 0 Å². The number of halogens is 1. The Kier molecular flexibility index (Phi) is 3.28. The molecular formula is C13H15BrN4O. The minimum absolute atomic E-state index is 0.0913. The van der Waals surface area contributed by atoms with Gasteiger partial charge in [0.05, 0.1) is 18.4 Å². The Hall–Kier alpha value is -1.40. The largest absolute Gasteiger partial charge is 0.488 e. The number of rotatable bonds is 3. The van der Waals surface area contributed by atoms with Crippen LogP contribution in [-0.4, -0.2) is 21.1 Å². The molecule has 5 nitrogen and oxygen atoms in total. The van der Waals surface area contributed by atoms with Gasteiger partial charge < -0.3 is 10.5 Å². The molecule has 2 aromatic rings. The summed E-state index contributed by atoms with van der Waals surface area (Å²) in [4.78, 5) is 0. The SMILES string of the molecule is CC(N)c1cn(CC2Cc3cc(Br)ccc3O2)nn1. The summed E-state index contributed by atoms with van der Waals surface area (Å²) in [5.41, 5.74) is 7.80. The third kappa shape index (κ3) is 2.64. The molecule has 0 bridgehead atoms. The average Bonchev–Trinajstić information content (AvgIpc) is 2.95. The van der Waals surface area contributed by atoms with Gasteiger partial charge in [0.1, 0.15) is 11.9 Å². The van der Waals surface area contributed by atoms with E-state index in [-0.39, 0.29) is 12.1 Å². The minimum atomic E-state index is -0.0913. The second kappa shape index (κ2) is 4.94. The number of benzene rings is 1. The lowest BCUT2D eigenvalue weighted by molar-refractivity contribution is 0.202. The van der Waals surface area contributed by atoms with Crippen LogP contribution in [0.4, 0.5) is 0 Å². The zero-order valence-electron chi connectivity index (χ0n) is 10.6. The molecule has 1 aromatic heterocycles. The number of aromatic nitrogens is 3. The summed E-state index contributed by atoms with van der Waals surface area (Å²) in [5, 5.41) is 8.12. The van der Waals surface area contributed by atoms with E-state index in [0.717, 1.165) is 22.3 Å². The summed E-state index contributed by atoms with van der Waals surface area (Å²) >= 11 is 3.47. The molecular weight excluding hydrogens is 308 g/mol. The molecule has 2 heterocycles. The molecule has 0 saturated carbocycles. The third-order valence-corrected chi connectivity index (χ3v) is 3.67. The Morgan fingerprint density at radius 2 is 2.42 bits per heavy atom. The van der Waals surface area contributed by atoms with Gasteiger partial charge in [-0.25, -0.2) is 4.68 Å². The van der Waals surface area contributed by atoms with Crippen molar-refractivity contribution in [3.05, 3.63) is 40.1 Å². The number of nitrogens with zero attached hydrogens (tertiary/aromatic N) is 3. The van der Waals surface area contributed by atoms with E-state index < -0.39 is 0 Å². The van der Waals surface area contributed by atoms with E-state index in [0.29, 0.717) is 6.54 Å². The van der Waals surface area contributed by atoms with E-state index >= 15 is 0 Å². The van der Waals surface area contributed by atoms with Gasteiger partial charge in [0.15, 0.2) is 0 Å². The van der Waals surface area contributed by atoms with Gasteiger partial charge in [-0.1, -0.05) is 21.1 Å². The minimum Gasteiger partial charge on any atom is -0.488 e. The highest BCUT2D eigenvalue weighted by Gasteiger charge is 2.23. The van der Waals surface area contributed by atoms with Crippen molar-refractivity contribution < 1.29 is 4.74 Å². The van der Waals surface area contributed by atoms with Crippen molar-refractivity contribution in [3.8, 4) is 5.75 Å². The smallest absolute Gasteiger partial charge is 0.123 e. The van der Waals surface area contributed by atoms with Crippen LogP contribution in [0.5, 0.6) is 5.75 Å². The van der Waals surface area contributed by atoms with Crippen LogP contribution >= 0.6 is 15.9 Å². The monoisotopic (exact) mass is 322 g/mol. The second-order valence-corrected chi connectivity index (χ2v) is 5.77. The summed E-state index contributed by atoms with van der Waals surface area (Å²) in [5.74, 6) is 0.959. The van der Waals surface area contributed by atoms with Crippen LogP contribution in [0.15, 0.2) is 28.9 Å². The lowest BCUT2D eigenvalue weighted by atomic mass is 10.1. The van der Waals surface area contributed by atoms with E-state index in [4.69, 9.17) is 10.5 Å². The van der Waals surface area contributed by atoms with Crippen molar-refractivity contribution in [2.24, 2.45) is 5.73 Å². The number of ether oxygens (including phenoxy) is 1. The van der Waals surface area contributed by atoms with Gasteiger partial charge in [0.25, 0.3) is 0 Å². The quantitative estimate of drug-likeness (QED) is 0.939. The number of fused-ring (bicyclic) bond motifs is 1. The molecule has 0 radical (unpaired) electrons. The van der Waals surface area contributed by atoms with Crippen molar-refractivity contribution in [2.75, 3.05) is 0 Å². The van der Waals surface area contributed by atoms with Gasteiger partial charge in [0.2, 0.25) is 0 Å². The lowest BCUT2D eigenvalue weighted by Crippen LogP contribution is -2.21. The van der Waals surface area contributed by atoms with E-state index in [1.54, 1.807) is 4.68 Å². The topological polar surface area (TPSA) is 66.0 Å². The number of nitrogens with two attached hydrogens (primary N) is 1. The third-order valence-electron chi connectivity index (χ3n) is 3.18. The van der Waals surface area contributed by atoms with E-state index in [1.807, 2.05) is 25.3 Å². The van der Waals surface area contributed by atoms with E-state index in [2.05, 4.69) is 32.3 Å². The fourth-order valence-electron chi connectivity index (χ4n) is 2.21. The summed E-state index contributed by atoms with van der Waals surface area (Å²) in [6, 6.07) is 6.00.